The number of nitrogens with zero attached hydrogens (tertiary/aromatic N) is 2. The predicted octanol–water partition coefficient (Wildman–Crippen LogP) is 1.19. The topological polar surface area (TPSA) is 166 Å². The lowest BCUT2D eigenvalue weighted by molar-refractivity contribution is 0.476. The molecule has 0 atom stereocenters. The number of aromatic amines is 2. The van der Waals surface area contributed by atoms with Gasteiger partial charge in [0.2, 0.25) is 10.9 Å². The molecule has 32 heavy (non-hydrogen) atoms. The van der Waals surface area contributed by atoms with E-state index < -0.39 is 27.7 Å². The van der Waals surface area contributed by atoms with Gasteiger partial charge in [0.1, 0.15) is 16.8 Å². The summed E-state index contributed by atoms with van der Waals surface area (Å²) in [4.78, 5) is 56.2. The van der Waals surface area contributed by atoms with Crippen molar-refractivity contribution in [2.45, 2.75) is 0 Å². The predicted molar refractivity (Wildman–Crippen MR) is 118 cm³/mol. The van der Waals surface area contributed by atoms with E-state index in [0.29, 0.717) is 21.7 Å². The van der Waals surface area contributed by atoms with Crippen molar-refractivity contribution in [1.82, 2.24) is 20.2 Å². The van der Waals surface area contributed by atoms with Gasteiger partial charge in [0.15, 0.2) is 5.75 Å². The third-order valence-corrected chi connectivity index (χ3v) is 5.65. The molecule has 2 heterocycles. The summed E-state index contributed by atoms with van der Waals surface area (Å²) < 4.78 is 0. The molecule has 0 bridgehead atoms. The molecule has 6 aromatic rings. The number of H-pyrrole nitrogens is 2. The Bertz CT molecular complexity index is 2050. The molecule has 10 nitrogen and oxygen atoms in total. The first-order chi connectivity index (χ1) is 15.3. The van der Waals surface area contributed by atoms with E-state index in [1.165, 1.54) is 24.3 Å². The fourth-order valence-corrected chi connectivity index (χ4v) is 4.22. The van der Waals surface area contributed by atoms with Crippen LogP contribution in [-0.2, 0) is 0 Å². The smallest absolute Gasteiger partial charge is 0.338 e. The summed E-state index contributed by atoms with van der Waals surface area (Å²) in [5, 5.41) is 28.0. The van der Waals surface area contributed by atoms with Gasteiger partial charge in [0.05, 0.1) is 16.4 Å². The number of aromatic nitrogens is 4. The molecule has 2 aromatic heterocycles. The summed E-state index contributed by atoms with van der Waals surface area (Å²) in [6.07, 6.45) is 0. The molecule has 0 aliphatic carbocycles. The van der Waals surface area contributed by atoms with Crippen molar-refractivity contribution in [2.75, 3.05) is 0 Å². The van der Waals surface area contributed by atoms with Crippen LogP contribution < -0.4 is 22.0 Å². The number of hydrogen-bond acceptors (Lipinski definition) is 8. The summed E-state index contributed by atoms with van der Waals surface area (Å²) >= 11 is 0. The molecule has 0 radical (unpaired) electrons. The Morgan fingerprint density at radius 1 is 0.719 bits per heavy atom. The molecule has 0 amide bonds. The molecule has 0 aliphatic heterocycles. The maximum absolute atomic E-state index is 13.3. The monoisotopic (exact) mass is 426 g/mol. The van der Waals surface area contributed by atoms with E-state index in [9.17, 15) is 29.4 Å². The first kappa shape index (κ1) is 18.0. The van der Waals surface area contributed by atoms with Crippen LogP contribution in [0.1, 0.15) is 0 Å². The second kappa shape index (κ2) is 5.85. The second-order valence-corrected chi connectivity index (χ2v) is 7.40. The molecule has 4 N–H and O–H groups in total. The van der Waals surface area contributed by atoms with E-state index in [-0.39, 0.29) is 38.5 Å². The molecule has 0 saturated heterocycles. The normalized spacial score (nSPS) is 11.9. The Balaban J connectivity index is 1.92. The number of benzene rings is 4. The highest BCUT2D eigenvalue weighted by molar-refractivity contribution is 6.20. The molecule has 0 spiro atoms. The zero-order chi connectivity index (χ0) is 22.3. The van der Waals surface area contributed by atoms with E-state index in [2.05, 4.69) is 20.2 Å². The molecular formula is C22H10N4O6. The standard InChI is InChI=1S/C22H10N4O6/c27-12-4-1-7-5-13(28)15-10(14(7)19(12)29)6-9-8-2-3-11-18(24-22(32)21(31)23-11)16(8)25-26-17(9)20(15)30/h1-6,25-26,28-29H. The van der Waals surface area contributed by atoms with Gasteiger partial charge in [-0.25, -0.2) is 9.97 Å². The maximum atomic E-state index is 13.3. The highest BCUT2D eigenvalue weighted by Crippen LogP contribution is 2.37. The Morgan fingerprint density at radius 2 is 1.47 bits per heavy atom. The molecular weight excluding hydrogens is 416 g/mol. The van der Waals surface area contributed by atoms with Crippen LogP contribution in [0, 0.1) is 0 Å². The van der Waals surface area contributed by atoms with Crippen molar-refractivity contribution in [2.24, 2.45) is 0 Å². The Labute approximate surface area is 174 Å². The average Bonchev–Trinajstić information content (AvgIpc) is 2.76. The first-order valence-corrected chi connectivity index (χ1v) is 9.38. The fraction of sp³-hybridized carbons (Fsp3) is 0. The van der Waals surface area contributed by atoms with Crippen molar-refractivity contribution in [3.8, 4) is 11.5 Å². The first-order valence-electron chi connectivity index (χ1n) is 9.38. The maximum Gasteiger partial charge on any atom is 0.338 e. The van der Waals surface area contributed by atoms with Crippen LogP contribution in [-0.4, -0.2) is 30.4 Å². The summed E-state index contributed by atoms with van der Waals surface area (Å²) in [6.45, 7) is 0. The summed E-state index contributed by atoms with van der Waals surface area (Å²) in [5.41, 5.74) is -2.37. The van der Waals surface area contributed by atoms with Gasteiger partial charge >= 0.3 is 11.1 Å². The lowest BCUT2D eigenvalue weighted by atomic mass is 9.96. The number of rotatable bonds is 0. The highest BCUT2D eigenvalue weighted by atomic mass is 16.3. The van der Waals surface area contributed by atoms with Crippen molar-refractivity contribution < 1.29 is 10.2 Å². The van der Waals surface area contributed by atoms with Gasteiger partial charge in [-0.15, -0.1) is 0 Å². The van der Waals surface area contributed by atoms with Crippen molar-refractivity contribution >= 4 is 54.4 Å². The van der Waals surface area contributed by atoms with Crippen molar-refractivity contribution in [3.05, 3.63) is 77.6 Å². The van der Waals surface area contributed by atoms with Crippen LogP contribution >= 0.6 is 0 Å². The van der Waals surface area contributed by atoms with Gasteiger partial charge in [-0.3, -0.25) is 29.4 Å². The van der Waals surface area contributed by atoms with Gasteiger partial charge in [-0.05, 0) is 35.7 Å². The second-order valence-electron chi connectivity index (χ2n) is 7.40. The number of nitrogens with one attached hydrogen (secondary N) is 2. The van der Waals surface area contributed by atoms with Gasteiger partial charge in [-0.2, -0.15) is 0 Å². The van der Waals surface area contributed by atoms with E-state index in [4.69, 9.17) is 0 Å². The lowest BCUT2D eigenvalue weighted by Crippen LogP contribution is -2.29. The third-order valence-electron chi connectivity index (χ3n) is 5.65. The minimum absolute atomic E-state index is 0.0617. The summed E-state index contributed by atoms with van der Waals surface area (Å²) in [7, 11) is 0. The highest BCUT2D eigenvalue weighted by Gasteiger charge is 2.18. The quantitative estimate of drug-likeness (QED) is 0.160. The SMILES string of the molecule is O=c1ccc2cc(O)c3c(=O)c4[nH][nH]c5c(ccc6nc(=O)c(=O)nc65)c4cc3c2c1O. The number of phenols is 2. The largest absolute Gasteiger partial charge is 0.507 e. The molecule has 154 valence electrons. The molecule has 0 aliphatic rings. The van der Waals surface area contributed by atoms with E-state index >= 15 is 0 Å². The fourth-order valence-electron chi connectivity index (χ4n) is 4.22. The third kappa shape index (κ3) is 2.17. The number of aromatic hydroxyl groups is 2. The van der Waals surface area contributed by atoms with Gasteiger partial charge < -0.3 is 10.2 Å². The van der Waals surface area contributed by atoms with Crippen LogP contribution in [0.3, 0.4) is 0 Å². The zero-order valence-corrected chi connectivity index (χ0v) is 15.9. The Kier molecular flexibility index (Phi) is 3.28. The van der Waals surface area contributed by atoms with Crippen LogP contribution in [0.15, 0.2) is 55.6 Å². The van der Waals surface area contributed by atoms with Crippen LogP contribution in [0.25, 0.3) is 54.4 Å². The molecule has 10 heteroatoms. The Morgan fingerprint density at radius 3 is 2.28 bits per heavy atom. The van der Waals surface area contributed by atoms with Gasteiger partial charge in [0.25, 0.3) is 0 Å². The van der Waals surface area contributed by atoms with E-state index in [0.717, 1.165) is 0 Å². The molecule has 4 aromatic carbocycles. The lowest BCUT2D eigenvalue weighted by Gasteiger charge is -2.11. The van der Waals surface area contributed by atoms with Crippen LogP contribution in [0.5, 0.6) is 11.5 Å². The number of hydrogen-bond donors (Lipinski definition) is 4. The molecule has 0 unspecified atom stereocenters. The van der Waals surface area contributed by atoms with E-state index in [1.54, 1.807) is 12.1 Å². The minimum atomic E-state index is -1.01. The van der Waals surface area contributed by atoms with Crippen molar-refractivity contribution in [1.29, 1.82) is 0 Å². The Hall–Kier alpha value is -4.86. The summed E-state index contributed by atoms with van der Waals surface area (Å²) in [5.74, 6) is -0.827. The number of fused-ring (bicyclic) bond motifs is 8. The molecule has 0 fully saturated rings. The number of phenolic OH excluding ortho intramolecular Hbond substituents is 2. The average molecular weight is 426 g/mol. The van der Waals surface area contributed by atoms with E-state index in [1.807, 2.05) is 0 Å². The van der Waals surface area contributed by atoms with Crippen LogP contribution in [0.2, 0.25) is 0 Å². The summed E-state index contributed by atoms with van der Waals surface area (Å²) in [6, 6.07) is 8.62. The van der Waals surface area contributed by atoms with Crippen LogP contribution in [0.4, 0.5) is 0 Å². The molecule has 6 rings (SSSR count). The zero-order valence-electron chi connectivity index (χ0n) is 15.9. The van der Waals surface area contributed by atoms with Crippen molar-refractivity contribution in [3.63, 3.8) is 0 Å². The van der Waals surface area contributed by atoms with Gasteiger partial charge in [0, 0.05) is 21.5 Å². The van der Waals surface area contributed by atoms with Gasteiger partial charge in [-0.1, -0.05) is 6.07 Å². The minimum Gasteiger partial charge on any atom is -0.507 e. The molecule has 0 saturated carbocycles.